The van der Waals surface area contributed by atoms with Gasteiger partial charge in [-0.05, 0) is 33.1 Å². The predicted molar refractivity (Wildman–Crippen MR) is 86.1 cm³/mol. The molecule has 3 rings (SSSR count). The van der Waals surface area contributed by atoms with Gasteiger partial charge in [0.15, 0.2) is 0 Å². The number of hydrogen-bond acceptors (Lipinski definition) is 2. The Labute approximate surface area is 132 Å². The average molecular weight is 343 g/mol. The summed E-state index contributed by atoms with van der Waals surface area (Å²) >= 11 is 3.43. The molecular formula is C18H15BrO2. The molecule has 3 aromatic rings. The van der Waals surface area contributed by atoms with E-state index in [9.17, 15) is 5.11 Å². The van der Waals surface area contributed by atoms with E-state index in [1.54, 1.807) is 12.3 Å². The molecule has 1 aromatic heterocycles. The first-order valence-electron chi connectivity index (χ1n) is 6.78. The first-order valence-corrected chi connectivity index (χ1v) is 7.57. The van der Waals surface area contributed by atoms with Gasteiger partial charge in [-0.3, -0.25) is 0 Å². The van der Waals surface area contributed by atoms with Crippen LogP contribution in [0.15, 0.2) is 81.9 Å². The van der Waals surface area contributed by atoms with E-state index in [0.717, 1.165) is 15.6 Å². The van der Waals surface area contributed by atoms with E-state index in [0.29, 0.717) is 5.76 Å². The number of aliphatic hydroxyl groups is 1. The maximum Gasteiger partial charge on any atom is 0.147 e. The number of aliphatic hydroxyl groups excluding tert-OH is 1. The summed E-state index contributed by atoms with van der Waals surface area (Å²) in [6.45, 7) is 0. The van der Waals surface area contributed by atoms with Gasteiger partial charge in [-0.15, -0.1) is 0 Å². The van der Waals surface area contributed by atoms with Crippen LogP contribution in [0.1, 0.15) is 28.9 Å². The van der Waals surface area contributed by atoms with Gasteiger partial charge < -0.3 is 9.52 Å². The smallest absolute Gasteiger partial charge is 0.147 e. The van der Waals surface area contributed by atoms with Gasteiger partial charge in [0.1, 0.15) is 11.9 Å². The van der Waals surface area contributed by atoms with Crippen LogP contribution in [0.25, 0.3) is 0 Å². The fourth-order valence-electron chi connectivity index (χ4n) is 2.55. The molecule has 0 aliphatic rings. The van der Waals surface area contributed by atoms with Gasteiger partial charge in [-0.1, -0.05) is 60.7 Å². The van der Waals surface area contributed by atoms with E-state index >= 15 is 0 Å². The van der Waals surface area contributed by atoms with Crippen LogP contribution in [0.4, 0.5) is 0 Å². The van der Waals surface area contributed by atoms with Crippen LogP contribution >= 0.6 is 15.9 Å². The van der Waals surface area contributed by atoms with Crippen molar-refractivity contribution in [2.45, 2.75) is 12.0 Å². The minimum atomic E-state index is -0.751. The quantitative estimate of drug-likeness (QED) is 0.730. The number of hydrogen-bond donors (Lipinski definition) is 1. The molecular weight excluding hydrogens is 328 g/mol. The molecule has 1 atom stereocenters. The molecule has 1 unspecified atom stereocenters. The van der Waals surface area contributed by atoms with Gasteiger partial charge in [-0.2, -0.15) is 0 Å². The SMILES string of the molecule is OC(c1occc1Br)C(c1ccccc1)c1ccccc1. The second kappa shape index (κ2) is 6.29. The Hall–Kier alpha value is -1.84. The molecule has 106 valence electrons. The van der Waals surface area contributed by atoms with Crippen molar-refractivity contribution in [2.24, 2.45) is 0 Å². The standard InChI is InChI=1S/C18H15BrO2/c19-15-11-12-21-18(15)17(20)16(13-7-3-1-4-8-13)14-9-5-2-6-10-14/h1-12,16-17,20H. The van der Waals surface area contributed by atoms with Gasteiger partial charge >= 0.3 is 0 Å². The largest absolute Gasteiger partial charge is 0.465 e. The van der Waals surface area contributed by atoms with E-state index in [1.165, 1.54) is 0 Å². The third-order valence-corrected chi connectivity index (χ3v) is 4.20. The van der Waals surface area contributed by atoms with E-state index in [-0.39, 0.29) is 5.92 Å². The number of rotatable bonds is 4. The molecule has 0 saturated carbocycles. The lowest BCUT2D eigenvalue weighted by atomic mass is 9.85. The highest BCUT2D eigenvalue weighted by atomic mass is 79.9. The lowest BCUT2D eigenvalue weighted by Crippen LogP contribution is -2.12. The second-order valence-corrected chi connectivity index (χ2v) is 5.73. The fraction of sp³-hybridized carbons (Fsp3) is 0.111. The van der Waals surface area contributed by atoms with Gasteiger partial charge in [0.05, 0.1) is 10.7 Å². The molecule has 0 saturated heterocycles. The van der Waals surface area contributed by atoms with E-state index < -0.39 is 6.10 Å². The van der Waals surface area contributed by atoms with Gasteiger partial charge in [0.25, 0.3) is 0 Å². The zero-order valence-electron chi connectivity index (χ0n) is 11.3. The van der Waals surface area contributed by atoms with Crippen molar-refractivity contribution in [1.82, 2.24) is 0 Å². The third-order valence-electron chi connectivity index (χ3n) is 3.55. The van der Waals surface area contributed by atoms with E-state index in [1.807, 2.05) is 60.7 Å². The second-order valence-electron chi connectivity index (χ2n) is 4.88. The van der Waals surface area contributed by atoms with E-state index in [2.05, 4.69) is 15.9 Å². The summed E-state index contributed by atoms with van der Waals surface area (Å²) in [6, 6.07) is 21.8. The van der Waals surface area contributed by atoms with Crippen LogP contribution in [0, 0.1) is 0 Å². The zero-order valence-corrected chi connectivity index (χ0v) is 12.9. The molecule has 21 heavy (non-hydrogen) atoms. The molecule has 0 radical (unpaired) electrons. The summed E-state index contributed by atoms with van der Waals surface area (Å²) in [5.74, 6) is 0.377. The number of benzene rings is 2. The summed E-state index contributed by atoms with van der Waals surface area (Å²) in [6.07, 6.45) is 0.828. The normalized spacial score (nSPS) is 12.5. The van der Waals surface area contributed by atoms with Crippen molar-refractivity contribution in [2.75, 3.05) is 0 Å². The molecule has 0 bridgehead atoms. The lowest BCUT2D eigenvalue weighted by molar-refractivity contribution is 0.131. The molecule has 1 N–H and O–H groups in total. The minimum Gasteiger partial charge on any atom is -0.465 e. The highest BCUT2D eigenvalue weighted by Gasteiger charge is 2.28. The Kier molecular flexibility index (Phi) is 4.23. The Balaban J connectivity index is 2.07. The lowest BCUT2D eigenvalue weighted by Gasteiger charge is -2.23. The first kappa shape index (κ1) is 14.1. The van der Waals surface area contributed by atoms with Crippen molar-refractivity contribution < 1.29 is 9.52 Å². The molecule has 0 fully saturated rings. The number of halogens is 1. The van der Waals surface area contributed by atoms with Crippen LogP contribution in [-0.2, 0) is 0 Å². The van der Waals surface area contributed by atoms with Crippen molar-refractivity contribution in [3.8, 4) is 0 Å². The molecule has 0 aliphatic carbocycles. The van der Waals surface area contributed by atoms with Crippen LogP contribution in [0.3, 0.4) is 0 Å². The van der Waals surface area contributed by atoms with Crippen molar-refractivity contribution in [3.63, 3.8) is 0 Å². The van der Waals surface area contributed by atoms with Crippen LogP contribution in [0.5, 0.6) is 0 Å². The van der Waals surface area contributed by atoms with Crippen molar-refractivity contribution in [3.05, 3.63) is 94.4 Å². The van der Waals surface area contributed by atoms with E-state index in [4.69, 9.17) is 4.42 Å². The third kappa shape index (κ3) is 2.94. The number of furan rings is 1. The fourth-order valence-corrected chi connectivity index (χ4v) is 2.98. The Morgan fingerprint density at radius 3 is 1.76 bits per heavy atom. The first-order chi connectivity index (χ1) is 10.3. The molecule has 3 heteroatoms. The van der Waals surface area contributed by atoms with Crippen molar-refractivity contribution >= 4 is 15.9 Å². The summed E-state index contributed by atoms with van der Waals surface area (Å²) in [4.78, 5) is 0. The van der Waals surface area contributed by atoms with Gasteiger partial charge in [-0.25, -0.2) is 0 Å². The molecule has 0 amide bonds. The molecule has 0 aliphatic heterocycles. The average Bonchev–Trinajstić information content (AvgIpc) is 2.96. The monoisotopic (exact) mass is 342 g/mol. The van der Waals surface area contributed by atoms with Crippen LogP contribution in [-0.4, -0.2) is 5.11 Å². The van der Waals surface area contributed by atoms with Gasteiger partial charge in [0.2, 0.25) is 0 Å². The van der Waals surface area contributed by atoms with Crippen LogP contribution < -0.4 is 0 Å². The zero-order chi connectivity index (χ0) is 14.7. The maximum atomic E-state index is 10.8. The summed E-state index contributed by atoms with van der Waals surface area (Å²) < 4.78 is 6.24. The highest BCUT2D eigenvalue weighted by molar-refractivity contribution is 9.10. The highest BCUT2D eigenvalue weighted by Crippen LogP contribution is 2.39. The Bertz CT molecular complexity index is 652. The van der Waals surface area contributed by atoms with Crippen LogP contribution in [0.2, 0.25) is 0 Å². The Morgan fingerprint density at radius 2 is 1.33 bits per heavy atom. The minimum absolute atomic E-state index is 0.171. The van der Waals surface area contributed by atoms with Crippen molar-refractivity contribution in [1.29, 1.82) is 0 Å². The molecule has 0 spiro atoms. The molecule has 2 nitrogen and oxygen atoms in total. The maximum absolute atomic E-state index is 10.8. The Morgan fingerprint density at radius 1 is 0.810 bits per heavy atom. The summed E-state index contributed by atoms with van der Waals surface area (Å²) in [5, 5.41) is 10.8. The summed E-state index contributed by atoms with van der Waals surface area (Å²) in [7, 11) is 0. The predicted octanol–water partition coefficient (Wildman–Crippen LogP) is 4.91. The molecule has 2 aromatic carbocycles. The summed E-state index contributed by atoms with van der Waals surface area (Å²) in [5.41, 5.74) is 2.11. The topological polar surface area (TPSA) is 33.4 Å². The van der Waals surface area contributed by atoms with Gasteiger partial charge in [0, 0.05) is 5.92 Å². The molecule has 1 heterocycles.